The zero-order chi connectivity index (χ0) is 11.8. The normalized spacial score (nSPS) is 17.2. The van der Waals surface area contributed by atoms with Gasteiger partial charge in [0.15, 0.2) is 0 Å². The van der Waals surface area contributed by atoms with Gasteiger partial charge in [0.05, 0.1) is 11.6 Å². The van der Waals surface area contributed by atoms with Crippen LogP contribution in [0.2, 0.25) is 0 Å². The zero-order valence-corrected chi connectivity index (χ0v) is 10.8. The molecule has 4 heteroatoms. The molecule has 0 aliphatic heterocycles. The number of aryl methyl sites for hydroxylation is 1. The minimum absolute atomic E-state index is 0.0289. The molecule has 1 aromatic carbocycles. The maximum Gasteiger partial charge on any atom is 0.144 e. The molecule has 0 unspecified atom stereocenters. The summed E-state index contributed by atoms with van der Waals surface area (Å²) in [4.78, 5) is 0. The third-order valence-electron chi connectivity index (χ3n) is 3.13. The third-order valence-corrected chi connectivity index (χ3v) is 3.87. The summed E-state index contributed by atoms with van der Waals surface area (Å²) in [5.41, 5.74) is 6.65. The molecule has 2 rings (SSSR count). The van der Waals surface area contributed by atoms with E-state index < -0.39 is 0 Å². The third kappa shape index (κ3) is 2.38. The largest absolute Gasteiger partial charge is 0.495 e. The van der Waals surface area contributed by atoms with E-state index in [1.807, 2.05) is 0 Å². The summed E-state index contributed by atoms with van der Waals surface area (Å²) in [7, 11) is 1.53. The number of benzene rings is 1. The van der Waals surface area contributed by atoms with Crippen molar-refractivity contribution in [2.75, 3.05) is 7.11 Å². The van der Waals surface area contributed by atoms with Crippen molar-refractivity contribution in [3.8, 4) is 5.75 Å². The Bertz CT molecular complexity index is 404. The van der Waals surface area contributed by atoms with Gasteiger partial charge in [-0.15, -0.1) is 0 Å². The van der Waals surface area contributed by atoms with Crippen LogP contribution in [0.5, 0.6) is 5.75 Å². The second-order valence-electron chi connectivity index (χ2n) is 4.42. The summed E-state index contributed by atoms with van der Waals surface area (Å²) in [6.45, 7) is 0. The molecule has 0 bridgehead atoms. The van der Waals surface area contributed by atoms with Crippen LogP contribution in [-0.4, -0.2) is 12.6 Å². The van der Waals surface area contributed by atoms with E-state index in [0.717, 1.165) is 19.3 Å². The van der Waals surface area contributed by atoms with Crippen molar-refractivity contribution in [1.29, 1.82) is 0 Å². The molecule has 1 aliphatic rings. The standard InChI is InChI=1S/C12H15BrFNO/c1-16-9-3-2-8(11(14)10(9)13)4-5-12(15)6-7-12/h2-3H,4-7,15H2,1H3. The van der Waals surface area contributed by atoms with E-state index in [0.29, 0.717) is 22.2 Å². The molecule has 0 saturated heterocycles. The molecule has 0 aromatic heterocycles. The highest BCUT2D eigenvalue weighted by Crippen LogP contribution is 2.37. The topological polar surface area (TPSA) is 35.2 Å². The van der Waals surface area contributed by atoms with Crippen molar-refractivity contribution in [2.24, 2.45) is 5.73 Å². The number of methoxy groups -OCH3 is 1. The monoisotopic (exact) mass is 287 g/mol. The minimum Gasteiger partial charge on any atom is -0.495 e. The highest BCUT2D eigenvalue weighted by molar-refractivity contribution is 9.10. The van der Waals surface area contributed by atoms with Crippen LogP contribution in [0.4, 0.5) is 4.39 Å². The molecule has 0 radical (unpaired) electrons. The molecule has 2 N–H and O–H groups in total. The van der Waals surface area contributed by atoms with Crippen molar-refractivity contribution in [2.45, 2.75) is 31.2 Å². The summed E-state index contributed by atoms with van der Waals surface area (Å²) >= 11 is 3.20. The van der Waals surface area contributed by atoms with Gasteiger partial charge in [-0.3, -0.25) is 0 Å². The fourth-order valence-electron chi connectivity index (χ4n) is 1.72. The number of ether oxygens (including phenoxy) is 1. The van der Waals surface area contributed by atoms with Crippen LogP contribution in [0.1, 0.15) is 24.8 Å². The van der Waals surface area contributed by atoms with Gasteiger partial charge in [-0.2, -0.15) is 0 Å². The summed E-state index contributed by atoms with van der Waals surface area (Å²) < 4.78 is 19.3. The fourth-order valence-corrected chi connectivity index (χ4v) is 2.27. The van der Waals surface area contributed by atoms with Gasteiger partial charge in [0, 0.05) is 5.54 Å². The van der Waals surface area contributed by atoms with Crippen molar-refractivity contribution >= 4 is 15.9 Å². The summed E-state index contributed by atoms with van der Waals surface area (Å²) in [5, 5.41) is 0. The lowest BCUT2D eigenvalue weighted by Crippen LogP contribution is -2.22. The van der Waals surface area contributed by atoms with Crippen LogP contribution in [0.25, 0.3) is 0 Å². The Morgan fingerprint density at radius 1 is 1.50 bits per heavy atom. The Labute approximate surface area is 103 Å². The maximum absolute atomic E-state index is 13.9. The smallest absolute Gasteiger partial charge is 0.144 e. The number of halogens is 2. The lowest BCUT2D eigenvalue weighted by Gasteiger charge is -2.11. The molecule has 0 spiro atoms. The average Bonchev–Trinajstić information content (AvgIpc) is 2.99. The molecule has 0 heterocycles. The van der Waals surface area contributed by atoms with E-state index in [9.17, 15) is 4.39 Å². The number of hydrogen-bond acceptors (Lipinski definition) is 2. The average molecular weight is 288 g/mol. The number of hydrogen-bond donors (Lipinski definition) is 1. The summed E-state index contributed by atoms with van der Waals surface area (Å²) in [6.07, 6.45) is 3.66. The van der Waals surface area contributed by atoms with Gasteiger partial charge in [0.25, 0.3) is 0 Å². The maximum atomic E-state index is 13.9. The number of rotatable bonds is 4. The van der Waals surface area contributed by atoms with Crippen LogP contribution in [0.15, 0.2) is 16.6 Å². The van der Waals surface area contributed by atoms with Gasteiger partial charge in [0.1, 0.15) is 11.6 Å². The van der Waals surface area contributed by atoms with Crippen LogP contribution in [0, 0.1) is 5.82 Å². The van der Waals surface area contributed by atoms with E-state index in [-0.39, 0.29) is 11.4 Å². The van der Waals surface area contributed by atoms with Crippen molar-refractivity contribution in [1.82, 2.24) is 0 Å². The molecule has 2 nitrogen and oxygen atoms in total. The Hall–Kier alpha value is -0.610. The zero-order valence-electron chi connectivity index (χ0n) is 9.22. The Balaban J connectivity index is 2.12. The first-order valence-electron chi connectivity index (χ1n) is 5.35. The van der Waals surface area contributed by atoms with E-state index in [1.54, 1.807) is 12.1 Å². The van der Waals surface area contributed by atoms with E-state index in [1.165, 1.54) is 7.11 Å². The molecule has 1 saturated carbocycles. The molecule has 16 heavy (non-hydrogen) atoms. The summed E-state index contributed by atoms with van der Waals surface area (Å²) in [6, 6.07) is 3.54. The SMILES string of the molecule is COc1ccc(CCC2(N)CC2)c(F)c1Br. The first kappa shape index (κ1) is 11.9. The lowest BCUT2D eigenvalue weighted by molar-refractivity contribution is 0.407. The van der Waals surface area contributed by atoms with Gasteiger partial charge >= 0.3 is 0 Å². The first-order chi connectivity index (χ1) is 7.56. The van der Waals surface area contributed by atoms with Crippen molar-refractivity contribution < 1.29 is 9.13 Å². The van der Waals surface area contributed by atoms with Gasteiger partial charge < -0.3 is 10.5 Å². The molecule has 1 fully saturated rings. The van der Waals surface area contributed by atoms with E-state index in [2.05, 4.69) is 15.9 Å². The van der Waals surface area contributed by atoms with Crippen LogP contribution >= 0.6 is 15.9 Å². The van der Waals surface area contributed by atoms with Crippen LogP contribution < -0.4 is 10.5 Å². The highest BCUT2D eigenvalue weighted by Gasteiger charge is 2.37. The Morgan fingerprint density at radius 2 is 2.19 bits per heavy atom. The van der Waals surface area contributed by atoms with Gasteiger partial charge in [-0.25, -0.2) is 4.39 Å². The lowest BCUT2D eigenvalue weighted by atomic mass is 10.0. The summed E-state index contributed by atoms with van der Waals surface area (Å²) in [5.74, 6) is 0.290. The highest BCUT2D eigenvalue weighted by atomic mass is 79.9. The molecule has 1 aromatic rings. The van der Waals surface area contributed by atoms with E-state index in [4.69, 9.17) is 10.5 Å². The Kier molecular flexibility index (Phi) is 3.22. The minimum atomic E-state index is -0.233. The van der Waals surface area contributed by atoms with E-state index >= 15 is 0 Å². The number of nitrogens with two attached hydrogens (primary N) is 1. The molecular weight excluding hydrogens is 273 g/mol. The predicted octanol–water partition coefficient (Wildman–Crippen LogP) is 3.02. The molecule has 0 amide bonds. The second kappa shape index (κ2) is 4.34. The predicted molar refractivity (Wildman–Crippen MR) is 65.1 cm³/mol. The Morgan fingerprint density at radius 3 is 2.75 bits per heavy atom. The van der Waals surface area contributed by atoms with Gasteiger partial charge in [0.2, 0.25) is 0 Å². The first-order valence-corrected chi connectivity index (χ1v) is 6.15. The van der Waals surface area contributed by atoms with Crippen molar-refractivity contribution in [3.05, 3.63) is 28.0 Å². The van der Waals surface area contributed by atoms with Crippen LogP contribution in [-0.2, 0) is 6.42 Å². The van der Waals surface area contributed by atoms with Gasteiger partial charge in [-0.05, 0) is 53.2 Å². The molecule has 0 atom stereocenters. The van der Waals surface area contributed by atoms with Crippen LogP contribution in [0.3, 0.4) is 0 Å². The second-order valence-corrected chi connectivity index (χ2v) is 5.21. The van der Waals surface area contributed by atoms with Crippen molar-refractivity contribution in [3.63, 3.8) is 0 Å². The quantitative estimate of drug-likeness (QED) is 0.924. The van der Waals surface area contributed by atoms with Gasteiger partial charge in [-0.1, -0.05) is 6.07 Å². The molecule has 1 aliphatic carbocycles. The fraction of sp³-hybridized carbons (Fsp3) is 0.500. The molecule has 88 valence electrons. The molecular formula is C12H15BrFNO.